The lowest BCUT2D eigenvalue weighted by Crippen LogP contribution is -1.97. The second-order valence-electron chi connectivity index (χ2n) is 3.30. The maximum absolute atomic E-state index is 10.9. The molecule has 0 saturated carbocycles. The molecule has 6 heteroatoms. The van der Waals surface area contributed by atoms with Crippen molar-refractivity contribution in [1.29, 1.82) is 0 Å². The van der Waals surface area contributed by atoms with Crippen molar-refractivity contribution in [1.82, 2.24) is 10.2 Å². The molecular weight excluding hydrogens is 210 g/mol. The van der Waals surface area contributed by atoms with E-state index < -0.39 is 4.92 Å². The summed E-state index contributed by atoms with van der Waals surface area (Å²) in [7, 11) is 1.45. The van der Waals surface area contributed by atoms with Crippen LogP contribution >= 0.6 is 0 Å². The summed E-state index contributed by atoms with van der Waals surface area (Å²) in [5.74, 6) is 0.361. The van der Waals surface area contributed by atoms with Gasteiger partial charge in [0, 0.05) is 6.07 Å². The van der Waals surface area contributed by atoms with E-state index in [4.69, 9.17) is 4.74 Å². The summed E-state index contributed by atoms with van der Waals surface area (Å²) >= 11 is 0. The molecule has 6 nitrogen and oxygen atoms in total. The Hall–Kier alpha value is -2.24. The molecule has 0 saturated heterocycles. The van der Waals surface area contributed by atoms with Crippen LogP contribution in [0.25, 0.3) is 10.9 Å². The molecule has 0 radical (unpaired) electrons. The van der Waals surface area contributed by atoms with E-state index in [1.807, 2.05) is 6.92 Å². The SMILES string of the molecule is COc1cnnc2c(C)ccc([N+](=O)[O-])c12. The lowest BCUT2D eigenvalue weighted by atomic mass is 10.1. The van der Waals surface area contributed by atoms with Crippen molar-refractivity contribution in [2.45, 2.75) is 6.92 Å². The van der Waals surface area contributed by atoms with Crippen LogP contribution in [0.1, 0.15) is 5.56 Å². The molecule has 0 aliphatic rings. The lowest BCUT2D eigenvalue weighted by molar-refractivity contribution is -0.383. The number of non-ortho nitro benzene ring substituents is 1. The highest BCUT2D eigenvalue weighted by Crippen LogP contribution is 2.33. The molecule has 82 valence electrons. The lowest BCUT2D eigenvalue weighted by Gasteiger charge is -2.05. The molecule has 2 rings (SSSR count). The number of nitrogens with zero attached hydrogens (tertiary/aromatic N) is 3. The second-order valence-corrected chi connectivity index (χ2v) is 3.30. The Morgan fingerprint density at radius 1 is 1.44 bits per heavy atom. The number of methoxy groups -OCH3 is 1. The quantitative estimate of drug-likeness (QED) is 0.569. The third kappa shape index (κ3) is 1.44. The number of benzene rings is 1. The van der Waals surface area contributed by atoms with Crippen molar-refractivity contribution in [3.05, 3.63) is 34.0 Å². The van der Waals surface area contributed by atoms with E-state index in [0.717, 1.165) is 5.56 Å². The number of fused-ring (bicyclic) bond motifs is 1. The molecule has 0 aliphatic carbocycles. The standard InChI is InChI=1S/C10H9N3O3/c1-6-3-4-7(13(14)15)9-8(16-2)5-11-12-10(6)9/h3-5H,1-2H3. The van der Waals surface area contributed by atoms with Crippen LogP contribution in [0.2, 0.25) is 0 Å². The number of aryl methyl sites for hydroxylation is 1. The van der Waals surface area contributed by atoms with E-state index in [2.05, 4.69) is 10.2 Å². The molecule has 0 fully saturated rings. The molecule has 0 amide bonds. The number of hydrogen-bond acceptors (Lipinski definition) is 5. The van der Waals surface area contributed by atoms with E-state index in [-0.39, 0.29) is 5.69 Å². The maximum atomic E-state index is 10.9. The first-order valence-corrected chi connectivity index (χ1v) is 4.58. The van der Waals surface area contributed by atoms with Gasteiger partial charge in [-0.15, -0.1) is 5.10 Å². The molecular formula is C10H9N3O3. The first kappa shape index (κ1) is 10.3. The molecule has 0 atom stereocenters. The molecule has 16 heavy (non-hydrogen) atoms. The minimum Gasteiger partial charge on any atom is -0.494 e. The molecule has 0 unspecified atom stereocenters. The number of aromatic nitrogens is 2. The molecule has 0 N–H and O–H groups in total. The summed E-state index contributed by atoms with van der Waals surface area (Å²) in [6.45, 7) is 1.82. The summed E-state index contributed by atoms with van der Waals surface area (Å²) in [6, 6.07) is 3.09. The van der Waals surface area contributed by atoms with Gasteiger partial charge in [0.2, 0.25) is 0 Å². The fourth-order valence-corrected chi connectivity index (χ4v) is 1.57. The van der Waals surface area contributed by atoms with Gasteiger partial charge in [-0.1, -0.05) is 6.07 Å². The first-order chi connectivity index (χ1) is 7.65. The van der Waals surface area contributed by atoms with Crippen molar-refractivity contribution in [3.8, 4) is 5.75 Å². The van der Waals surface area contributed by atoms with Crippen LogP contribution in [-0.4, -0.2) is 22.2 Å². The molecule has 1 aromatic carbocycles. The highest BCUT2D eigenvalue weighted by Gasteiger charge is 2.18. The summed E-state index contributed by atoms with van der Waals surface area (Å²) in [4.78, 5) is 10.4. The topological polar surface area (TPSA) is 78.2 Å². The zero-order valence-corrected chi connectivity index (χ0v) is 8.80. The third-order valence-corrected chi connectivity index (χ3v) is 2.35. The molecule has 0 aliphatic heterocycles. The highest BCUT2D eigenvalue weighted by molar-refractivity contribution is 5.94. The zero-order chi connectivity index (χ0) is 11.7. The second kappa shape index (κ2) is 3.73. The maximum Gasteiger partial charge on any atom is 0.282 e. The van der Waals surface area contributed by atoms with Crippen molar-refractivity contribution >= 4 is 16.6 Å². The number of nitro benzene ring substituents is 1. The van der Waals surface area contributed by atoms with Crippen LogP contribution in [0.5, 0.6) is 5.75 Å². The van der Waals surface area contributed by atoms with Crippen molar-refractivity contribution in [2.75, 3.05) is 7.11 Å². The number of ether oxygens (including phenoxy) is 1. The fraction of sp³-hybridized carbons (Fsp3) is 0.200. The van der Waals surface area contributed by atoms with Gasteiger partial charge in [0.1, 0.15) is 10.9 Å². The monoisotopic (exact) mass is 219 g/mol. The van der Waals surface area contributed by atoms with Gasteiger partial charge in [-0.05, 0) is 12.5 Å². The molecule has 1 aromatic heterocycles. The van der Waals surface area contributed by atoms with Crippen LogP contribution in [0.4, 0.5) is 5.69 Å². The Morgan fingerprint density at radius 2 is 2.19 bits per heavy atom. The average Bonchev–Trinajstić information content (AvgIpc) is 2.28. The fourth-order valence-electron chi connectivity index (χ4n) is 1.57. The van der Waals surface area contributed by atoms with Gasteiger partial charge < -0.3 is 4.74 Å². The first-order valence-electron chi connectivity index (χ1n) is 4.58. The van der Waals surface area contributed by atoms with Gasteiger partial charge in [-0.25, -0.2) is 0 Å². The Bertz CT molecular complexity index is 568. The average molecular weight is 219 g/mol. The van der Waals surface area contributed by atoms with Crippen LogP contribution in [0.3, 0.4) is 0 Å². The number of rotatable bonds is 2. The Balaban J connectivity index is 2.93. The van der Waals surface area contributed by atoms with Crippen molar-refractivity contribution in [2.24, 2.45) is 0 Å². The number of hydrogen-bond donors (Lipinski definition) is 0. The van der Waals surface area contributed by atoms with Gasteiger partial charge >= 0.3 is 0 Å². The van der Waals surface area contributed by atoms with E-state index in [1.54, 1.807) is 6.07 Å². The Labute approximate surface area is 91.0 Å². The van der Waals surface area contributed by atoms with E-state index >= 15 is 0 Å². The van der Waals surface area contributed by atoms with Gasteiger partial charge in [-0.2, -0.15) is 5.10 Å². The summed E-state index contributed by atoms with van der Waals surface area (Å²) in [6.07, 6.45) is 1.37. The summed E-state index contributed by atoms with van der Waals surface area (Å²) in [5.41, 5.74) is 1.30. The van der Waals surface area contributed by atoms with Gasteiger partial charge in [0.05, 0.1) is 18.2 Å². The Morgan fingerprint density at radius 3 is 2.81 bits per heavy atom. The smallest absolute Gasteiger partial charge is 0.282 e. The van der Waals surface area contributed by atoms with Crippen LogP contribution < -0.4 is 4.74 Å². The van der Waals surface area contributed by atoms with Crippen LogP contribution in [0, 0.1) is 17.0 Å². The zero-order valence-electron chi connectivity index (χ0n) is 8.80. The van der Waals surface area contributed by atoms with Gasteiger partial charge in [-0.3, -0.25) is 10.1 Å². The highest BCUT2D eigenvalue weighted by atomic mass is 16.6. The minimum absolute atomic E-state index is 0.0210. The molecule has 2 aromatic rings. The normalized spacial score (nSPS) is 10.4. The van der Waals surface area contributed by atoms with Gasteiger partial charge in [0.25, 0.3) is 5.69 Å². The van der Waals surface area contributed by atoms with Crippen LogP contribution in [0.15, 0.2) is 18.3 Å². The molecule has 0 spiro atoms. The third-order valence-electron chi connectivity index (χ3n) is 2.35. The summed E-state index contributed by atoms with van der Waals surface area (Å²) < 4.78 is 5.07. The minimum atomic E-state index is -0.452. The van der Waals surface area contributed by atoms with E-state index in [9.17, 15) is 10.1 Å². The van der Waals surface area contributed by atoms with Crippen molar-refractivity contribution in [3.63, 3.8) is 0 Å². The molecule has 1 heterocycles. The summed E-state index contributed by atoms with van der Waals surface area (Å²) in [5, 5.41) is 18.9. The van der Waals surface area contributed by atoms with E-state index in [1.165, 1.54) is 19.4 Å². The van der Waals surface area contributed by atoms with Crippen molar-refractivity contribution < 1.29 is 9.66 Å². The predicted octanol–water partition coefficient (Wildman–Crippen LogP) is 1.86. The van der Waals surface area contributed by atoms with Crippen LogP contribution in [-0.2, 0) is 0 Å². The molecule has 0 bridgehead atoms. The predicted molar refractivity (Wildman–Crippen MR) is 57.5 cm³/mol. The van der Waals surface area contributed by atoms with Gasteiger partial charge in [0.15, 0.2) is 5.75 Å². The largest absolute Gasteiger partial charge is 0.494 e. The Kier molecular flexibility index (Phi) is 2.40. The van der Waals surface area contributed by atoms with E-state index in [0.29, 0.717) is 16.7 Å². The number of nitro groups is 1.